The molecule has 0 N–H and O–H groups in total. The summed E-state index contributed by atoms with van der Waals surface area (Å²) in [5.74, 6) is -0.127. The van der Waals surface area contributed by atoms with Crippen LogP contribution in [0.25, 0.3) is 0 Å². The number of likely N-dealkylation sites (N-methyl/N-ethyl adjacent to an activating group) is 1. The number of fused-ring (bicyclic) bond motifs is 1. The van der Waals surface area contributed by atoms with Gasteiger partial charge in [0.1, 0.15) is 6.61 Å². The molecule has 1 heterocycles. The molecule has 2 amide bonds. The standard InChI is InChI=1S/C20H22N2O3/c1-21(20(24)25-14-15-8-4-3-5-9-15)13-12-17-16-10-6-7-11-18(16)22(2)19(17)23/h3-11,17H,12-14H2,1-2H3. The van der Waals surface area contributed by atoms with Crippen LogP contribution >= 0.6 is 0 Å². The fourth-order valence-corrected chi connectivity index (χ4v) is 3.10. The lowest BCUT2D eigenvalue weighted by atomic mass is 9.97. The quantitative estimate of drug-likeness (QED) is 0.839. The van der Waals surface area contributed by atoms with E-state index in [1.807, 2.05) is 54.6 Å². The predicted octanol–water partition coefficient (Wildman–Crippen LogP) is 3.41. The Morgan fingerprint density at radius 2 is 1.80 bits per heavy atom. The maximum Gasteiger partial charge on any atom is 0.409 e. The molecule has 1 unspecified atom stereocenters. The van der Waals surface area contributed by atoms with Gasteiger partial charge in [-0.15, -0.1) is 0 Å². The Kier molecular flexibility index (Phi) is 5.03. The number of anilines is 1. The zero-order valence-electron chi connectivity index (χ0n) is 14.5. The summed E-state index contributed by atoms with van der Waals surface area (Å²) in [7, 11) is 3.49. The van der Waals surface area contributed by atoms with Crippen molar-refractivity contribution in [2.24, 2.45) is 0 Å². The number of nitrogens with zero attached hydrogens (tertiary/aromatic N) is 2. The van der Waals surface area contributed by atoms with Gasteiger partial charge in [-0.2, -0.15) is 0 Å². The van der Waals surface area contributed by atoms with E-state index in [1.165, 1.54) is 4.90 Å². The first kappa shape index (κ1) is 17.0. The lowest BCUT2D eigenvalue weighted by Gasteiger charge is -2.19. The van der Waals surface area contributed by atoms with E-state index in [1.54, 1.807) is 19.0 Å². The molecule has 0 saturated heterocycles. The van der Waals surface area contributed by atoms with E-state index < -0.39 is 0 Å². The van der Waals surface area contributed by atoms with Crippen molar-refractivity contribution in [2.45, 2.75) is 18.9 Å². The first-order chi connectivity index (χ1) is 12.1. The Labute approximate surface area is 147 Å². The molecule has 130 valence electrons. The molecular weight excluding hydrogens is 316 g/mol. The molecule has 5 nitrogen and oxygen atoms in total. The molecule has 0 bridgehead atoms. The molecule has 3 rings (SSSR count). The maximum absolute atomic E-state index is 12.4. The number of hydrogen-bond donors (Lipinski definition) is 0. The van der Waals surface area contributed by atoms with Crippen LogP contribution in [0.2, 0.25) is 0 Å². The van der Waals surface area contributed by atoms with Crippen molar-refractivity contribution >= 4 is 17.7 Å². The van der Waals surface area contributed by atoms with Gasteiger partial charge in [0, 0.05) is 26.3 Å². The molecule has 0 aromatic heterocycles. The lowest BCUT2D eigenvalue weighted by Crippen LogP contribution is -2.31. The Hall–Kier alpha value is -2.82. The molecule has 1 atom stereocenters. The van der Waals surface area contributed by atoms with Crippen molar-refractivity contribution in [1.29, 1.82) is 0 Å². The minimum absolute atomic E-state index is 0.0762. The van der Waals surface area contributed by atoms with E-state index in [0.717, 1.165) is 16.8 Å². The fraction of sp³-hybridized carbons (Fsp3) is 0.300. The number of para-hydroxylation sites is 1. The van der Waals surface area contributed by atoms with Gasteiger partial charge >= 0.3 is 6.09 Å². The van der Waals surface area contributed by atoms with Crippen LogP contribution in [0.1, 0.15) is 23.5 Å². The third-order valence-corrected chi connectivity index (χ3v) is 4.57. The van der Waals surface area contributed by atoms with Crippen LogP contribution in [0, 0.1) is 0 Å². The zero-order chi connectivity index (χ0) is 17.8. The van der Waals surface area contributed by atoms with E-state index in [2.05, 4.69) is 0 Å². The monoisotopic (exact) mass is 338 g/mol. The van der Waals surface area contributed by atoms with E-state index >= 15 is 0 Å². The van der Waals surface area contributed by atoms with E-state index in [0.29, 0.717) is 13.0 Å². The molecule has 1 aliphatic rings. The number of carbonyl (C=O) groups excluding carboxylic acids is 2. The lowest BCUT2D eigenvalue weighted by molar-refractivity contribution is -0.119. The summed E-state index contributed by atoms with van der Waals surface area (Å²) in [6.07, 6.45) is 0.202. The minimum atomic E-state index is -0.379. The Bertz CT molecular complexity index is 761. The van der Waals surface area contributed by atoms with Gasteiger partial charge in [0.05, 0.1) is 5.92 Å². The zero-order valence-corrected chi connectivity index (χ0v) is 14.5. The summed E-state index contributed by atoms with van der Waals surface area (Å²) in [4.78, 5) is 27.8. The van der Waals surface area contributed by atoms with Crippen LogP contribution in [0.3, 0.4) is 0 Å². The van der Waals surface area contributed by atoms with Gasteiger partial charge in [0.2, 0.25) is 5.91 Å². The molecule has 0 saturated carbocycles. The van der Waals surface area contributed by atoms with Crippen molar-refractivity contribution in [3.05, 3.63) is 65.7 Å². The van der Waals surface area contributed by atoms with Crippen LogP contribution in [-0.2, 0) is 16.1 Å². The number of amides is 2. The second-order valence-electron chi connectivity index (χ2n) is 6.26. The molecule has 5 heteroatoms. The number of carbonyl (C=O) groups is 2. The SMILES string of the molecule is CN(CCC1C(=O)N(C)c2ccccc21)C(=O)OCc1ccccc1. The molecule has 0 fully saturated rings. The van der Waals surface area contributed by atoms with E-state index in [4.69, 9.17) is 4.74 Å². The summed E-state index contributed by atoms with van der Waals surface area (Å²) >= 11 is 0. The number of hydrogen-bond acceptors (Lipinski definition) is 3. The average Bonchev–Trinajstić information content (AvgIpc) is 2.89. The second-order valence-corrected chi connectivity index (χ2v) is 6.26. The molecule has 2 aromatic carbocycles. The van der Waals surface area contributed by atoms with Gasteiger partial charge in [0.25, 0.3) is 0 Å². The summed E-state index contributed by atoms with van der Waals surface area (Å²) in [6, 6.07) is 17.4. The Morgan fingerprint density at radius 3 is 2.56 bits per heavy atom. The van der Waals surface area contributed by atoms with E-state index in [9.17, 15) is 9.59 Å². The minimum Gasteiger partial charge on any atom is -0.445 e. The van der Waals surface area contributed by atoms with Crippen molar-refractivity contribution in [3.8, 4) is 0 Å². The maximum atomic E-state index is 12.4. The van der Waals surface area contributed by atoms with Gasteiger partial charge < -0.3 is 14.5 Å². The predicted molar refractivity (Wildman–Crippen MR) is 96.5 cm³/mol. The van der Waals surface area contributed by atoms with Gasteiger partial charge in [-0.25, -0.2) is 4.79 Å². The normalized spacial score (nSPS) is 15.8. The molecule has 1 aliphatic heterocycles. The molecule has 2 aromatic rings. The summed E-state index contributed by atoms with van der Waals surface area (Å²) in [6.45, 7) is 0.712. The van der Waals surface area contributed by atoms with Crippen molar-refractivity contribution in [3.63, 3.8) is 0 Å². The highest BCUT2D eigenvalue weighted by Gasteiger charge is 2.34. The van der Waals surface area contributed by atoms with Gasteiger partial charge in [-0.05, 0) is 23.6 Å². The van der Waals surface area contributed by atoms with E-state index in [-0.39, 0.29) is 24.5 Å². The van der Waals surface area contributed by atoms with Crippen LogP contribution in [-0.4, -0.2) is 37.5 Å². The molecular formula is C20H22N2O3. The highest BCUT2D eigenvalue weighted by Crippen LogP contribution is 2.37. The highest BCUT2D eigenvalue weighted by molar-refractivity contribution is 6.04. The molecule has 0 spiro atoms. The highest BCUT2D eigenvalue weighted by atomic mass is 16.6. The average molecular weight is 338 g/mol. The van der Waals surface area contributed by atoms with Crippen LogP contribution in [0.15, 0.2) is 54.6 Å². The van der Waals surface area contributed by atoms with Crippen LogP contribution < -0.4 is 4.90 Å². The van der Waals surface area contributed by atoms with Gasteiger partial charge in [-0.1, -0.05) is 48.5 Å². The molecule has 0 radical (unpaired) electrons. The molecule has 0 aliphatic carbocycles. The summed E-state index contributed by atoms with van der Waals surface area (Å²) in [5.41, 5.74) is 2.93. The number of benzene rings is 2. The first-order valence-corrected chi connectivity index (χ1v) is 8.36. The fourth-order valence-electron chi connectivity index (χ4n) is 3.10. The smallest absolute Gasteiger partial charge is 0.409 e. The topological polar surface area (TPSA) is 49.9 Å². The second kappa shape index (κ2) is 7.38. The summed E-state index contributed by atoms with van der Waals surface area (Å²) < 4.78 is 5.31. The Morgan fingerprint density at radius 1 is 1.12 bits per heavy atom. The van der Waals surface area contributed by atoms with Crippen molar-refractivity contribution in [1.82, 2.24) is 4.90 Å². The third kappa shape index (κ3) is 3.65. The Balaban J connectivity index is 1.54. The van der Waals surface area contributed by atoms with Crippen molar-refractivity contribution < 1.29 is 14.3 Å². The van der Waals surface area contributed by atoms with Gasteiger partial charge in [0.15, 0.2) is 0 Å². The van der Waals surface area contributed by atoms with Crippen molar-refractivity contribution in [2.75, 3.05) is 25.5 Å². The van der Waals surface area contributed by atoms with Crippen LogP contribution in [0.4, 0.5) is 10.5 Å². The third-order valence-electron chi connectivity index (χ3n) is 4.57. The van der Waals surface area contributed by atoms with Crippen LogP contribution in [0.5, 0.6) is 0 Å². The molecule has 25 heavy (non-hydrogen) atoms. The van der Waals surface area contributed by atoms with Gasteiger partial charge in [-0.3, -0.25) is 4.79 Å². The summed E-state index contributed by atoms with van der Waals surface area (Å²) in [5, 5.41) is 0. The number of ether oxygens (including phenoxy) is 1. The number of rotatable bonds is 5. The first-order valence-electron chi connectivity index (χ1n) is 8.36. The largest absolute Gasteiger partial charge is 0.445 e.